The molecule has 0 aliphatic rings. The Kier molecular flexibility index (Phi) is 8.00. The Morgan fingerprint density at radius 3 is 2.60 bits per heavy atom. The third-order valence-electron chi connectivity index (χ3n) is 0.968. The molecular weight excluding hydrogens is 132 g/mol. The van der Waals surface area contributed by atoms with Crippen LogP contribution in [0.5, 0.6) is 0 Å². The molecule has 0 fully saturated rings. The highest BCUT2D eigenvalue weighted by molar-refractivity contribution is 4.70. The van der Waals surface area contributed by atoms with Crippen molar-refractivity contribution in [2.45, 2.75) is 12.8 Å². The molecule has 0 aromatic rings. The average Bonchev–Trinajstić information content (AvgIpc) is 1.97. The molecule has 0 heterocycles. The van der Waals surface area contributed by atoms with Crippen molar-refractivity contribution in [3.05, 3.63) is 12.3 Å². The molecule has 0 unspecified atom stereocenters. The quantitative estimate of drug-likeness (QED) is 0.418. The molecule has 2 N–H and O–H groups in total. The molecule has 10 heavy (non-hydrogen) atoms. The average molecular weight is 146 g/mol. The SMILES string of the molecule is OCC=COCCCCO. The van der Waals surface area contributed by atoms with Crippen LogP contribution in [0.1, 0.15) is 12.8 Å². The van der Waals surface area contributed by atoms with E-state index in [1.54, 1.807) is 0 Å². The van der Waals surface area contributed by atoms with Gasteiger partial charge in [-0.25, -0.2) is 0 Å². The maximum Gasteiger partial charge on any atom is 0.0874 e. The van der Waals surface area contributed by atoms with Gasteiger partial charge in [-0.2, -0.15) is 0 Å². The minimum atomic E-state index is 0.0139. The molecule has 0 atom stereocenters. The standard InChI is InChI=1S/C7H14O3/c8-4-1-2-6-10-7-3-5-9/h3,7-9H,1-2,4-6H2. The number of unbranched alkanes of at least 4 members (excludes halogenated alkanes) is 1. The summed E-state index contributed by atoms with van der Waals surface area (Å²) in [5, 5.41) is 16.6. The summed E-state index contributed by atoms with van der Waals surface area (Å²) < 4.78 is 4.92. The number of aliphatic hydroxyl groups is 2. The van der Waals surface area contributed by atoms with Crippen molar-refractivity contribution in [1.29, 1.82) is 0 Å². The molecule has 0 radical (unpaired) electrons. The molecule has 0 saturated heterocycles. The molecule has 0 spiro atoms. The lowest BCUT2D eigenvalue weighted by atomic mass is 10.3. The second kappa shape index (κ2) is 8.46. The minimum absolute atomic E-state index is 0.0139. The molecule has 3 nitrogen and oxygen atoms in total. The Balaban J connectivity index is 2.83. The zero-order valence-corrected chi connectivity index (χ0v) is 5.99. The van der Waals surface area contributed by atoms with Gasteiger partial charge in [-0.1, -0.05) is 0 Å². The van der Waals surface area contributed by atoms with Crippen molar-refractivity contribution in [2.75, 3.05) is 19.8 Å². The van der Waals surface area contributed by atoms with Crippen LogP contribution in [0.3, 0.4) is 0 Å². The third-order valence-corrected chi connectivity index (χ3v) is 0.968. The summed E-state index contributed by atoms with van der Waals surface area (Å²) in [5.41, 5.74) is 0. The molecule has 0 bridgehead atoms. The summed E-state index contributed by atoms with van der Waals surface area (Å²) in [4.78, 5) is 0. The van der Waals surface area contributed by atoms with Gasteiger partial charge in [0.15, 0.2) is 0 Å². The van der Waals surface area contributed by atoms with Crippen LogP contribution in [0, 0.1) is 0 Å². The summed E-state index contributed by atoms with van der Waals surface area (Å²) in [6, 6.07) is 0. The molecule has 0 amide bonds. The number of rotatable bonds is 6. The van der Waals surface area contributed by atoms with Gasteiger partial charge < -0.3 is 14.9 Å². The van der Waals surface area contributed by atoms with E-state index in [2.05, 4.69) is 0 Å². The highest BCUT2D eigenvalue weighted by Gasteiger charge is 1.83. The Bertz CT molecular complexity index is 80.9. The van der Waals surface area contributed by atoms with Gasteiger partial charge in [0.05, 0.1) is 19.5 Å². The number of ether oxygens (including phenoxy) is 1. The van der Waals surface area contributed by atoms with E-state index in [-0.39, 0.29) is 13.2 Å². The van der Waals surface area contributed by atoms with Crippen LogP contribution in [0.15, 0.2) is 12.3 Å². The second-order valence-corrected chi connectivity index (χ2v) is 1.86. The van der Waals surface area contributed by atoms with E-state index in [1.165, 1.54) is 12.3 Å². The van der Waals surface area contributed by atoms with Crippen LogP contribution < -0.4 is 0 Å². The normalized spacial score (nSPS) is 10.6. The Morgan fingerprint density at radius 2 is 2.00 bits per heavy atom. The highest BCUT2D eigenvalue weighted by atomic mass is 16.5. The lowest BCUT2D eigenvalue weighted by Gasteiger charge is -1.97. The van der Waals surface area contributed by atoms with E-state index < -0.39 is 0 Å². The van der Waals surface area contributed by atoms with Gasteiger partial charge in [0, 0.05) is 6.61 Å². The first-order valence-corrected chi connectivity index (χ1v) is 3.40. The van der Waals surface area contributed by atoms with Gasteiger partial charge in [0.1, 0.15) is 0 Å². The third kappa shape index (κ3) is 7.46. The summed E-state index contributed by atoms with van der Waals surface area (Å²) >= 11 is 0. The van der Waals surface area contributed by atoms with Crippen molar-refractivity contribution >= 4 is 0 Å². The van der Waals surface area contributed by atoms with E-state index in [0.717, 1.165) is 12.8 Å². The predicted molar refractivity (Wildman–Crippen MR) is 38.5 cm³/mol. The molecule has 0 rings (SSSR count). The van der Waals surface area contributed by atoms with E-state index in [1.807, 2.05) is 0 Å². The van der Waals surface area contributed by atoms with Crippen molar-refractivity contribution in [1.82, 2.24) is 0 Å². The molecule has 0 aromatic heterocycles. The summed E-state index contributed by atoms with van der Waals surface area (Å²) in [5.74, 6) is 0. The monoisotopic (exact) mass is 146 g/mol. The Hall–Kier alpha value is -0.540. The second-order valence-electron chi connectivity index (χ2n) is 1.86. The fourth-order valence-corrected chi connectivity index (χ4v) is 0.476. The van der Waals surface area contributed by atoms with Gasteiger partial charge in [-0.05, 0) is 18.9 Å². The fourth-order valence-electron chi connectivity index (χ4n) is 0.476. The topological polar surface area (TPSA) is 49.7 Å². The number of aliphatic hydroxyl groups excluding tert-OH is 2. The molecule has 3 heteroatoms. The van der Waals surface area contributed by atoms with Gasteiger partial charge in [0.25, 0.3) is 0 Å². The molecule has 0 saturated carbocycles. The zero-order valence-electron chi connectivity index (χ0n) is 5.99. The van der Waals surface area contributed by atoms with Crippen LogP contribution in [0.4, 0.5) is 0 Å². The molecule has 0 aliphatic heterocycles. The van der Waals surface area contributed by atoms with Crippen molar-refractivity contribution in [3.8, 4) is 0 Å². The predicted octanol–water partition coefficient (Wildman–Crippen LogP) is 0.281. The smallest absolute Gasteiger partial charge is 0.0874 e. The first kappa shape index (κ1) is 9.46. The largest absolute Gasteiger partial charge is 0.501 e. The van der Waals surface area contributed by atoms with E-state index in [0.29, 0.717) is 6.61 Å². The molecule has 60 valence electrons. The minimum Gasteiger partial charge on any atom is -0.501 e. The lowest BCUT2D eigenvalue weighted by Crippen LogP contribution is -1.90. The van der Waals surface area contributed by atoms with Crippen molar-refractivity contribution < 1.29 is 14.9 Å². The Labute approximate surface area is 60.9 Å². The fraction of sp³-hybridized carbons (Fsp3) is 0.714. The summed E-state index contributed by atoms with van der Waals surface area (Å²) in [6.45, 7) is 0.837. The molecule has 0 aliphatic carbocycles. The van der Waals surface area contributed by atoms with Crippen LogP contribution in [0.25, 0.3) is 0 Å². The van der Waals surface area contributed by atoms with Crippen LogP contribution in [-0.4, -0.2) is 30.0 Å². The van der Waals surface area contributed by atoms with Crippen molar-refractivity contribution in [2.24, 2.45) is 0 Å². The lowest BCUT2D eigenvalue weighted by molar-refractivity contribution is 0.216. The summed E-state index contributed by atoms with van der Waals surface area (Å²) in [6.07, 6.45) is 4.62. The van der Waals surface area contributed by atoms with Gasteiger partial charge >= 0.3 is 0 Å². The van der Waals surface area contributed by atoms with Gasteiger partial charge in [-0.15, -0.1) is 0 Å². The van der Waals surface area contributed by atoms with Crippen LogP contribution in [-0.2, 0) is 4.74 Å². The maximum atomic E-state index is 8.36. The van der Waals surface area contributed by atoms with E-state index in [4.69, 9.17) is 14.9 Å². The zero-order chi connectivity index (χ0) is 7.66. The maximum absolute atomic E-state index is 8.36. The van der Waals surface area contributed by atoms with Crippen molar-refractivity contribution in [3.63, 3.8) is 0 Å². The molecule has 0 aromatic carbocycles. The number of hydrogen-bond acceptors (Lipinski definition) is 3. The highest BCUT2D eigenvalue weighted by Crippen LogP contribution is 1.88. The molecular formula is C7H14O3. The van der Waals surface area contributed by atoms with Crippen LogP contribution >= 0.6 is 0 Å². The van der Waals surface area contributed by atoms with E-state index >= 15 is 0 Å². The van der Waals surface area contributed by atoms with Gasteiger partial charge in [-0.3, -0.25) is 0 Å². The first-order chi connectivity index (χ1) is 4.91. The first-order valence-electron chi connectivity index (χ1n) is 3.40. The van der Waals surface area contributed by atoms with Crippen LogP contribution in [0.2, 0.25) is 0 Å². The number of hydrogen-bond donors (Lipinski definition) is 2. The summed E-state index contributed by atoms with van der Waals surface area (Å²) in [7, 11) is 0. The van der Waals surface area contributed by atoms with E-state index in [9.17, 15) is 0 Å². The van der Waals surface area contributed by atoms with Gasteiger partial charge in [0.2, 0.25) is 0 Å². The Morgan fingerprint density at radius 1 is 1.20 bits per heavy atom.